The number of nitrogens with two attached hydrogens (primary N) is 2. The van der Waals surface area contributed by atoms with Gasteiger partial charge in [-0.25, -0.2) is 4.79 Å². The molecule has 0 aromatic heterocycles. The lowest BCUT2D eigenvalue weighted by atomic mass is 10.0. The number of rotatable bonds is 21. The van der Waals surface area contributed by atoms with Crippen molar-refractivity contribution in [2.24, 2.45) is 17.4 Å². The summed E-state index contributed by atoms with van der Waals surface area (Å²) in [6, 6.07) is 1.05. The lowest BCUT2D eigenvalue weighted by Gasteiger charge is -2.24. The summed E-state index contributed by atoms with van der Waals surface area (Å²) in [5.41, 5.74) is 11.3. The van der Waals surface area contributed by atoms with Gasteiger partial charge in [-0.1, -0.05) is 19.1 Å². The number of carbonyl (C=O) groups is 8. The predicted octanol–water partition coefficient (Wildman–Crippen LogP) is -2.47. The van der Waals surface area contributed by atoms with Gasteiger partial charge in [0.25, 0.3) is 0 Å². The van der Waals surface area contributed by atoms with Crippen LogP contribution in [0.3, 0.4) is 0 Å². The van der Waals surface area contributed by atoms with E-state index in [0.717, 1.165) is 18.7 Å². The van der Waals surface area contributed by atoms with Crippen LogP contribution >= 0.6 is 11.8 Å². The molecule has 0 heterocycles. The van der Waals surface area contributed by atoms with E-state index in [1.54, 1.807) is 6.92 Å². The lowest BCUT2D eigenvalue weighted by molar-refractivity contribution is -0.140. The molecule has 10 N–H and O–H groups in total. The molecule has 0 saturated carbocycles. The Morgan fingerprint density at radius 3 is 1.93 bits per heavy atom. The molecule has 1 aromatic rings. The summed E-state index contributed by atoms with van der Waals surface area (Å²) >= 11 is 1.09. The van der Waals surface area contributed by atoms with E-state index in [1.807, 2.05) is 0 Å². The normalized spacial score (nSPS) is 13.9. The Morgan fingerprint density at radius 1 is 0.826 bits per heavy atom. The first-order valence-electron chi connectivity index (χ1n) is 14.0. The zero-order valence-electron chi connectivity index (χ0n) is 25.6. The molecule has 0 radical (unpaired) electrons. The molecule has 46 heavy (non-hydrogen) atoms. The molecule has 0 unspecified atom stereocenters. The first-order valence-corrected chi connectivity index (χ1v) is 15.1. The fraction of sp³-hybridized carbons (Fsp3) is 0.500. The summed E-state index contributed by atoms with van der Waals surface area (Å²) < 4.78 is 5.08. The van der Waals surface area contributed by atoms with E-state index < -0.39 is 90.4 Å². The van der Waals surface area contributed by atoms with Crippen LogP contribution in [0, 0.1) is 5.92 Å². The number of carboxylic acid groups (broad SMARTS) is 2. The summed E-state index contributed by atoms with van der Waals surface area (Å²) in [4.78, 5) is 96.0. The van der Waals surface area contributed by atoms with Gasteiger partial charge in [0, 0.05) is 24.6 Å². The predicted molar refractivity (Wildman–Crippen MR) is 164 cm³/mol. The molecule has 0 fully saturated rings. The van der Waals surface area contributed by atoms with E-state index in [-0.39, 0.29) is 30.2 Å². The van der Waals surface area contributed by atoms with E-state index in [9.17, 15) is 38.4 Å². The second kappa shape index (κ2) is 19.6. The number of hydrogen-bond acceptors (Lipinski definition) is 11. The number of hydrogen-bond donors (Lipinski definition) is 8. The van der Waals surface area contributed by atoms with E-state index in [0.29, 0.717) is 5.56 Å². The van der Waals surface area contributed by atoms with Gasteiger partial charge in [-0.05, 0) is 31.5 Å². The maximum Gasteiger partial charge on any atom is 0.341 e. The van der Waals surface area contributed by atoms with Crippen molar-refractivity contribution < 1.29 is 53.3 Å². The quantitative estimate of drug-likeness (QED) is 0.0675. The molecule has 18 heteroatoms. The van der Waals surface area contributed by atoms with Crippen LogP contribution in [-0.2, 0) is 44.8 Å². The second-order valence-corrected chi connectivity index (χ2v) is 11.3. The molecule has 0 bridgehead atoms. The highest BCUT2D eigenvalue weighted by molar-refractivity contribution is 7.99. The number of thioether (sulfide) groups is 1. The third kappa shape index (κ3) is 14.8. The Morgan fingerprint density at radius 2 is 1.41 bits per heavy atom. The van der Waals surface area contributed by atoms with Crippen LogP contribution in [0.1, 0.15) is 32.8 Å². The summed E-state index contributed by atoms with van der Waals surface area (Å²) in [6.45, 7) is 3.20. The lowest BCUT2D eigenvalue weighted by Crippen LogP contribution is -2.58. The zero-order chi connectivity index (χ0) is 35.0. The number of ketones is 1. The van der Waals surface area contributed by atoms with Gasteiger partial charge in [0.1, 0.15) is 23.9 Å². The number of amides is 5. The van der Waals surface area contributed by atoms with Gasteiger partial charge in [-0.3, -0.25) is 33.6 Å². The highest BCUT2D eigenvalue weighted by Gasteiger charge is 2.29. The largest absolute Gasteiger partial charge is 0.482 e. The maximum atomic E-state index is 13.2. The number of Topliss-reactive ketones (excluding diaryl/α,β-unsaturated/α-hetero) is 1. The highest BCUT2D eigenvalue weighted by Crippen LogP contribution is 2.14. The standard InChI is InChI=1S/C28H40N6O11S/c1-14(26(42)31-15(2)25(30)41)12-46-13-22(36)32-21(10-29)28(44)34-20(27(43)33-19(16(3)35)9-23(37)38)8-17-4-6-18(7-5-17)45-11-24(39)40/h4-7,14-15,19-21H,8-13,29H2,1-3H3,(H2,30,41)(H,31,42)(H,32,36)(H,33,43)(H,34,44)(H,37,38)(H,39,40)/t14-,15-,19-,20-,21-/m0/s1. The third-order valence-corrected chi connectivity index (χ3v) is 7.47. The molecule has 1 aromatic carbocycles. The molecule has 0 spiro atoms. The van der Waals surface area contributed by atoms with E-state index in [1.165, 1.54) is 31.2 Å². The molecule has 0 aliphatic heterocycles. The number of benzene rings is 1. The van der Waals surface area contributed by atoms with Crippen molar-refractivity contribution in [2.45, 2.75) is 57.8 Å². The molecule has 0 aliphatic rings. The summed E-state index contributed by atoms with van der Waals surface area (Å²) in [6.07, 6.45) is -0.842. The van der Waals surface area contributed by atoms with Crippen LogP contribution in [0.15, 0.2) is 24.3 Å². The zero-order valence-corrected chi connectivity index (χ0v) is 26.4. The van der Waals surface area contributed by atoms with Gasteiger partial charge in [-0.2, -0.15) is 11.8 Å². The summed E-state index contributed by atoms with van der Waals surface area (Å²) in [7, 11) is 0. The summed E-state index contributed by atoms with van der Waals surface area (Å²) in [5, 5.41) is 27.6. The van der Waals surface area contributed by atoms with Gasteiger partial charge in [0.2, 0.25) is 29.5 Å². The van der Waals surface area contributed by atoms with Gasteiger partial charge >= 0.3 is 11.9 Å². The molecule has 0 aliphatic carbocycles. The van der Waals surface area contributed by atoms with Crippen molar-refractivity contribution in [3.8, 4) is 5.75 Å². The minimum absolute atomic E-state index is 0.149. The maximum absolute atomic E-state index is 13.2. The molecule has 254 valence electrons. The van der Waals surface area contributed by atoms with Gasteiger partial charge in [0.15, 0.2) is 12.4 Å². The van der Waals surface area contributed by atoms with Gasteiger partial charge in [0.05, 0.1) is 18.2 Å². The topological polar surface area (TPSA) is 286 Å². The first kappa shape index (κ1) is 39.3. The molecular weight excluding hydrogens is 628 g/mol. The average molecular weight is 669 g/mol. The van der Waals surface area contributed by atoms with E-state index in [2.05, 4.69) is 21.3 Å². The van der Waals surface area contributed by atoms with Crippen molar-refractivity contribution in [3.63, 3.8) is 0 Å². The number of carboxylic acids is 2. The Kier molecular flexibility index (Phi) is 16.8. The number of ether oxygens (including phenoxy) is 1. The highest BCUT2D eigenvalue weighted by atomic mass is 32.2. The number of nitrogens with one attached hydrogen (secondary N) is 4. The first-order chi connectivity index (χ1) is 21.5. The van der Waals surface area contributed by atoms with Crippen molar-refractivity contribution in [1.82, 2.24) is 21.3 Å². The average Bonchev–Trinajstić information content (AvgIpc) is 2.98. The third-order valence-electron chi connectivity index (χ3n) is 6.27. The SMILES string of the molecule is CC(=O)[C@H](CC(=O)O)NC(=O)[C@H](Cc1ccc(OCC(=O)O)cc1)NC(=O)[C@H](CN)NC(=O)CSC[C@H](C)C(=O)N[C@@H](C)C(N)=O. The minimum atomic E-state index is -1.37. The van der Waals surface area contributed by atoms with Crippen molar-refractivity contribution in [2.75, 3.05) is 24.7 Å². The molecular formula is C28H40N6O11S. The van der Waals surface area contributed by atoms with Gasteiger partial charge in [-0.15, -0.1) is 0 Å². The van der Waals surface area contributed by atoms with Crippen molar-refractivity contribution in [3.05, 3.63) is 29.8 Å². The van der Waals surface area contributed by atoms with Crippen LogP contribution in [0.25, 0.3) is 0 Å². The fourth-order valence-corrected chi connectivity index (χ4v) is 4.52. The number of primary amides is 1. The van der Waals surface area contributed by atoms with Crippen molar-refractivity contribution >= 4 is 59.0 Å². The number of carbonyl (C=O) groups excluding carboxylic acids is 6. The Labute approximate surface area is 268 Å². The van der Waals surface area contributed by atoms with Crippen molar-refractivity contribution in [1.29, 1.82) is 0 Å². The van der Waals surface area contributed by atoms with E-state index in [4.69, 9.17) is 26.4 Å². The minimum Gasteiger partial charge on any atom is -0.482 e. The Balaban J connectivity index is 2.95. The van der Waals surface area contributed by atoms with Crippen LogP contribution in [0.2, 0.25) is 0 Å². The monoisotopic (exact) mass is 668 g/mol. The van der Waals surface area contributed by atoms with E-state index >= 15 is 0 Å². The summed E-state index contributed by atoms with van der Waals surface area (Å²) in [5.74, 6) is -6.86. The molecule has 5 amide bonds. The van der Waals surface area contributed by atoms with Crippen LogP contribution in [0.5, 0.6) is 5.75 Å². The molecule has 17 nitrogen and oxygen atoms in total. The van der Waals surface area contributed by atoms with Gasteiger partial charge < -0.3 is 47.7 Å². The van der Waals surface area contributed by atoms with Crippen LogP contribution < -0.4 is 37.5 Å². The Hall–Kier alpha value is -4.71. The second-order valence-electron chi connectivity index (χ2n) is 10.3. The fourth-order valence-electron chi connectivity index (χ4n) is 3.63. The molecule has 5 atom stereocenters. The van der Waals surface area contributed by atoms with Crippen LogP contribution in [-0.4, -0.2) is 106 Å². The molecule has 0 saturated heterocycles. The number of aliphatic carboxylic acids is 2. The Bertz CT molecular complexity index is 1280. The van der Waals surface area contributed by atoms with Crippen LogP contribution in [0.4, 0.5) is 0 Å². The molecule has 1 rings (SSSR count). The smallest absolute Gasteiger partial charge is 0.341 e.